The van der Waals surface area contributed by atoms with Gasteiger partial charge in [0.05, 0.1) is 13.0 Å². The third-order valence-corrected chi connectivity index (χ3v) is 5.43. The first-order valence-electron chi connectivity index (χ1n) is 9.30. The van der Waals surface area contributed by atoms with E-state index in [1.165, 1.54) is 29.4 Å². The molecule has 2 aromatic rings. The molecule has 0 aromatic heterocycles. The summed E-state index contributed by atoms with van der Waals surface area (Å²) in [5.41, 5.74) is 5.15. The van der Waals surface area contributed by atoms with Gasteiger partial charge in [0.1, 0.15) is 5.78 Å². The summed E-state index contributed by atoms with van der Waals surface area (Å²) < 4.78 is 4.85. The van der Waals surface area contributed by atoms with Crippen molar-refractivity contribution < 1.29 is 14.3 Å². The van der Waals surface area contributed by atoms with Gasteiger partial charge in [0, 0.05) is 18.8 Å². The Morgan fingerprint density at radius 2 is 1.50 bits per heavy atom. The van der Waals surface area contributed by atoms with Crippen molar-refractivity contribution in [3.05, 3.63) is 59.7 Å². The molecule has 0 radical (unpaired) electrons. The maximum atomic E-state index is 12.6. The van der Waals surface area contributed by atoms with Crippen molar-refractivity contribution in [1.82, 2.24) is 0 Å². The highest BCUT2D eigenvalue weighted by Gasteiger charge is 2.30. The van der Waals surface area contributed by atoms with E-state index in [0.717, 1.165) is 6.42 Å². The molecule has 0 heterocycles. The van der Waals surface area contributed by atoms with E-state index in [2.05, 4.69) is 48.5 Å². The minimum absolute atomic E-state index is 0.0966. The molecule has 1 aliphatic carbocycles. The van der Waals surface area contributed by atoms with E-state index >= 15 is 0 Å². The summed E-state index contributed by atoms with van der Waals surface area (Å²) in [7, 11) is 1.38. The predicted molar refractivity (Wildman–Crippen MR) is 103 cm³/mol. The molecule has 1 atom stereocenters. The van der Waals surface area contributed by atoms with Crippen molar-refractivity contribution in [3.8, 4) is 11.1 Å². The molecular weight excluding hydrogens is 324 g/mol. The highest BCUT2D eigenvalue weighted by molar-refractivity contribution is 5.85. The molecular formula is C23H26O3. The molecule has 2 aromatic carbocycles. The second-order valence-electron chi connectivity index (χ2n) is 7.38. The van der Waals surface area contributed by atoms with Gasteiger partial charge in [-0.05, 0) is 34.6 Å². The van der Waals surface area contributed by atoms with Crippen LogP contribution < -0.4 is 0 Å². The van der Waals surface area contributed by atoms with Gasteiger partial charge in [-0.25, -0.2) is 0 Å². The molecule has 0 bridgehead atoms. The van der Waals surface area contributed by atoms with E-state index in [0.29, 0.717) is 6.42 Å². The molecule has 3 nitrogen and oxygen atoms in total. The average molecular weight is 350 g/mol. The molecule has 0 saturated carbocycles. The van der Waals surface area contributed by atoms with E-state index in [9.17, 15) is 9.59 Å². The Bertz CT molecular complexity index is 761. The number of carbonyl (C=O) groups is 2. The Hall–Kier alpha value is -2.42. The van der Waals surface area contributed by atoms with Crippen LogP contribution in [0.2, 0.25) is 0 Å². The first-order chi connectivity index (χ1) is 12.5. The second kappa shape index (κ2) is 7.86. The van der Waals surface area contributed by atoms with Gasteiger partial charge in [-0.1, -0.05) is 62.4 Å². The van der Waals surface area contributed by atoms with Gasteiger partial charge in [0.2, 0.25) is 0 Å². The van der Waals surface area contributed by atoms with Gasteiger partial charge >= 0.3 is 5.97 Å². The molecule has 0 saturated heterocycles. The summed E-state index contributed by atoms with van der Waals surface area (Å²) in [5, 5.41) is 0. The topological polar surface area (TPSA) is 43.4 Å². The van der Waals surface area contributed by atoms with Crippen molar-refractivity contribution in [3.63, 3.8) is 0 Å². The van der Waals surface area contributed by atoms with Crippen molar-refractivity contribution in [2.24, 2.45) is 11.8 Å². The highest BCUT2D eigenvalue weighted by Crippen LogP contribution is 2.46. The molecule has 3 rings (SSSR count). The number of ketones is 1. The Balaban J connectivity index is 1.72. The molecule has 136 valence electrons. The van der Waals surface area contributed by atoms with Crippen LogP contribution in [0.1, 0.15) is 50.2 Å². The van der Waals surface area contributed by atoms with Gasteiger partial charge in [0.25, 0.3) is 0 Å². The molecule has 1 aliphatic rings. The summed E-state index contributed by atoms with van der Waals surface area (Å²) in [6, 6.07) is 16.9. The zero-order valence-electron chi connectivity index (χ0n) is 15.7. The lowest BCUT2D eigenvalue weighted by atomic mass is 9.87. The van der Waals surface area contributed by atoms with Crippen LogP contribution in [0.3, 0.4) is 0 Å². The maximum absolute atomic E-state index is 12.6. The number of hydrogen-bond acceptors (Lipinski definition) is 3. The average Bonchev–Trinajstić information content (AvgIpc) is 2.97. The Kier molecular flexibility index (Phi) is 5.55. The van der Waals surface area contributed by atoms with Gasteiger partial charge < -0.3 is 4.74 Å². The van der Waals surface area contributed by atoms with E-state index in [4.69, 9.17) is 4.74 Å². The summed E-state index contributed by atoms with van der Waals surface area (Å²) in [6.07, 6.45) is 1.52. The Labute approximate surface area is 155 Å². The lowest BCUT2D eigenvalue weighted by molar-refractivity contribution is -0.148. The summed E-state index contributed by atoms with van der Waals surface area (Å²) in [6.45, 7) is 3.91. The summed E-state index contributed by atoms with van der Waals surface area (Å²) in [4.78, 5) is 24.5. The number of methoxy groups -OCH3 is 1. The Morgan fingerprint density at radius 3 is 2.00 bits per heavy atom. The van der Waals surface area contributed by atoms with Crippen LogP contribution in [0.15, 0.2) is 48.5 Å². The number of esters is 1. The van der Waals surface area contributed by atoms with Crippen molar-refractivity contribution in [2.75, 3.05) is 7.11 Å². The normalized spacial score (nSPS) is 14.0. The fraction of sp³-hybridized carbons (Fsp3) is 0.391. The summed E-state index contributed by atoms with van der Waals surface area (Å²) in [5.74, 6) is -0.155. The molecule has 3 heteroatoms. The minimum atomic E-state index is -0.351. The van der Waals surface area contributed by atoms with Gasteiger partial charge in [-0.2, -0.15) is 0 Å². The van der Waals surface area contributed by atoms with E-state index in [1.807, 2.05) is 13.8 Å². The molecule has 0 amide bonds. The number of rotatable bonds is 7. The molecule has 26 heavy (non-hydrogen) atoms. The smallest absolute Gasteiger partial charge is 0.309 e. The van der Waals surface area contributed by atoms with Crippen LogP contribution in [0.5, 0.6) is 0 Å². The van der Waals surface area contributed by atoms with Crippen LogP contribution in [-0.2, 0) is 14.3 Å². The minimum Gasteiger partial charge on any atom is -0.469 e. The lowest BCUT2D eigenvalue weighted by Gasteiger charge is -2.18. The number of ether oxygens (including phenoxy) is 1. The summed E-state index contributed by atoms with van der Waals surface area (Å²) >= 11 is 0. The number of benzene rings is 2. The molecule has 0 unspecified atom stereocenters. The van der Waals surface area contributed by atoms with Crippen LogP contribution in [-0.4, -0.2) is 18.9 Å². The van der Waals surface area contributed by atoms with Gasteiger partial charge in [-0.3, -0.25) is 9.59 Å². The Morgan fingerprint density at radius 1 is 0.962 bits per heavy atom. The van der Waals surface area contributed by atoms with Crippen LogP contribution in [0.25, 0.3) is 11.1 Å². The second-order valence-corrected chi connectivity index (χ2v) is 7.38. The molecule has 0 N–H and O–H groups in total. The van der Waals surface area contributed by atoms with Gasteiger partial charge in [0.15, 0.2) is 0 Å². The number of hydrogen-bond donors (Lipinski definition) is 0. The quantitative estimate of drug-likeness (QED) is 0.661. The van der Waals surface area contributed by atoms with Crippen molar-refractivity contribution in [1.29, 1.82) is 0 Å². The van der Waals surface area contributed by atoms with E-state index < -0.39 is 0 Å². The zero-order chi connectivity index (χ0) is 18.7. The fourth-order valence-electron chi connectivity index (χ4n) is 3.97. The highest BCUT2D eigenvalue weighted by atomic mass is 16.5. The third kappa shape index (κ3) is 3.57. The largest absolute Gasteiger partial charge is 0.469 e. The molecule has 0 aliphatic heterocycles. The predicted octanol–water partition coefficient (Wildman–Crippen LogP) is 4.98. The fourth-order valence-corrected chi connectivity index (χ4v) is 3.97. The van der Waals surface area contributed by atoms with E-state index in [-0.39, 0.29) is 35.9 Å². The SMILES string of the molecule is COC(=O)[C@@H](CC(=O)CCC1c2ccccc2-c2ccccc21)C(C)C. The van der Waals surface area contributed by atoms with Crippen LogP contribution >= 0.6 is 0 Å². The van der Waals surface area contributed by atoms with Crippen molar-refractivity contribution in [2.45, 2.75) is 39.0 Å². The standard InChI is InChI=1S/C23H26O3/c1-15(2)22(23(25)26-3)14-16(24)12-13-21-19-10-6-4-8-17(19)18-9-5-7-11-20(18)21/h4-11,15,21-22H,12-14H2,1-3H3/t22-/m0/s1. The monoisotopic (exact) mass is 350 g/mol. The lowest BCUT2D eigenvalue weighted by Crippen LogP contribution is -2.24. The third-order valence-electron chi connectivity index (χ3n) is 5.43. The number of fused-ring (bicyclic) bond motifs is 3. The molecule has 0 fully saturated rings. The maximum Gasteiger partial charge on any atom is 0.309 e. The van der Waals surface area contributed by atoms with Crippen LogP contribution in [0, 0.1) is 11.8 Å². The van der Waals surface area contributed by atoms with Crippen molar-refractivity contribution >= 4 is 11.8 Å². The van der Waals surface area contributed by atoms with Gasteiger partial charge in [-0.15, -0.1) is 0 Å². The number of Topliss-reactive ketones (excluding diaryl/α,β-unsaturated/α-hetero) is 1. The zero-order valence-corrected chi connectivity index (χ0v) is 15.7. The first kappa shape index (κ1) is 18.4. The first-order valence-corrected chi connectivity index (χ1v) is 9.30. The molecule has 0 spiro atoms. The van der Waals surface area contributed by atoms with E-state index in [1.54, 1.807) is 0 Å². The number of carbonyl (C=O) groups excluding carboxylic acids is 2. The van der Waals surface area contributed by atoms with Crippen LogP contribution in [0.4, 0.5) is 0 Å².